The van der Waals surface area contributed by atoms with Crippen LogP contribution in [0.5, 0.6) is 0 Å². The molecule has 12 heteroatoms. The zero-order valence-electron chi connectivity index (χ0n) is 22.1. The highest BCUT2D eigenvalue weighted by atomic mass is 32.1. The second-order valence-corrected chi connectivity index (χ2v) is 10.7. The first-order valence-corrected chi connectivity index (χ1v) is 13.5. The van der Waals surface area contributed by atoms with Gasteiger partial charge in [-0.1, -0.05) is 6.92 Å². The van der Waals surface area contributed by atoms with E-state index in [1.54, 1.807) is 11.8 Å². The van der Waals surface area contributed by atoms with E-state index in [1.807, 2.05) is 37.2 Å². The molecule has 2 amide bonds. The van der Waals surface area contributed by atoms with Crippen molar-refractivity contribution < 1.29 is 22.8 Å². The molecule has 2 aromatic carbocycles. The summed E-state index contributed by atoms with van der Waals surface area (Å²) in [4.78, 5) is 39.4. The summed E-state index contributed by atoms with van der Waals surface area (Å²) in [6.07, 6.45) is -2.06. The van der Waals surface area contributed by atoms with Crippen LogP contribution in [0.25, 0.3) is 10.2 Å². The standard InChI is InChI=1S/C28H27F3N6O2S/c1-4-23(38)35-20-13-18(9-10-21(20)36(2)3)34-25-24-19-11-12-37(14-22(19)40-26(24)33-15-32-25)27(39)16-5-7-17(8-6-16)28(29,30)31/h5-10,13,15H,4,11-12,14H2,1-3H3,(H,35,38)(H,32,33,34). The molecule has 0 saturated heterocycles. The summed E-state index contributed by atoms with van der Waals surface area (Å²) >= 11 is 1.47. The predicted octanol–water partition coefficient (Wildman–Crippen LogP) is 6.07. The summed E-state index contributed by atoms with van der Waals surface area (Å²) in [7, 11) is 3.81. The molecule has 4 aromatic rings. The van der Waals surface area contributed by atoms with Gasteiger partial charge in [0.25, 0.3) is 5.91 Å². The van der Waals surface area contributed by atoms with Crippen LogP contribution in [-0.4, -0.2) is 47.3 Å². The fourth-order valence-electron chi connectivity index (χ4n) is 4.66. The van der Waals surface area contributed by atoms with E-state index in [0.717, 1.165) is 44.2 Å². The molecule has 0 unspecified atom stereocenters. The number of thiophene rings is 1. The minimum atomic E-state index is -4.45. The average molecular weight is 569 g/mol. The van der Waals surface area contributed by atoms with Gasteiger partial charge in [-0.15, -0.1) is 11.3 Å². The van der Waals surface area contributed by atoms with Crippen molar-refractivity contribution in [3.05, 3.63) is 70.4 Å². The van der Waals surface area contributed by atoms with E-state index in [-0.39, 0.29) is 17.4 Å². The predicted molar refractivity (Wildman–Crippen MR) is 150 cm³/mol. The summed E-state index contributed by atoms with van der Waals surface area (Å²) in [6, 6.07) is 9.99. The number of halogens is 3. The molecular weight excluding hydrogens is 541 g/mol. The summed E-state index contributed by atoms with van der Waals surface area (Å²) < 4.78 is 38.8. The van der Waals surface area contributed by atoms with E-state index in [9.17, 15) is 22.8 Å². The molecule has 0 aliphatic carbocycles. The Morgan fingerprint density at radius 3 is 2.52 bits per heavy atom. The number of benzene rings is 2. The van der Waals surface area contributed by atoms with Crippen LogP contribution in [0, 0.1) is 0 Å². The Hall–Kier alpha value is -4.19. The van der Waals surface area contributed by atoms with E-state index in [0.29, 0.717) is 37.4 Å². The number of anilines is 4. The lowest BCUT2D eigenvalue weighted by Crippen LogP contribution is -2.35. The van der Waals surface area contributed by atoms with Crippen molar-refractivity contribution in [2.75, 3.05) is 36.2 Å². The molecule has 40 heavy (non-hydrogen) atoms. The maximum atomic E-state index is 13.1. The summed E-state index contributed by atoms with van der Waals surface area (Å²) in [5, 5.41) is 7.19. The quantitative estimate of drug-likeness (QED) is 0.294. The third kappa shape index (κ3) is 5.44. The van der Waals surface area contributed by atoms with E-state index >= 15 is 0 Å². The Bertz CT molecular complexity index is 1580. The second kappa shape index (κ2) is 10.8. The molecule has 3 heterocycles. The van der Waals surface area contributed by atoms with Crippen molar-refractivity contribution in [2.24, 2.45) is 0 Å². The van der Waals surface area contributed by atoms with Gasteiger partial charge in [-0.25, -0.2) is 9.97 Å². The highest BCUT2D eigenvalue weighted by Gasteiger charge is 2.31. The number of fused-ring (bicyclic) bond motifs is 3. The molecule has 1 aliphatic rings. The first-order chi connectivity index (χ1) is 19.0. The lowest BCUT2D eigenvalue weighted by atomic mass is 10.0. The molecule has 5 rings (SSSR count). The number of hydrogen-bond acceptors (Lipinski definition) is 7. The van der Waals surface area contributed by atoms with Crippen LogP contribution in [0.3, 0.4) is 0 Å². The van der Waals surface area contributed by atoms with Crippen molar-refractivity contribution in [2.45, 2.75) is 32.5 Å². The topological polar surface area (TPSA) is 90.5 Å². The molecule has 208 valence electrons. The Morgan fingerprint density at radius 1 is 1.10 bits per heavy atom. The van der Waals surface area contributed by atoms with Crippen LogP contribution >= 0.6 is 11.3 Å². The van der Waals surface area contributed by atoms with Crippen LogP contribution in [0.15, 0.2) is 48.8 Å². The van der Waals surface area contributed by atoms with E-state index < -0.39 is 11.7 Å². The normalized spacial score (nSPS) is 13.2. The first-order valence-electron chi connectivity index (χ1n) is 12.6. The fraction of sp³-hybridized carbons (Fsp3) is 0.286. The van der Waals surface area contributed by atoms with Crippen LogP contribution < -0.4 is 15.5 Å². The van der Waals surface area contributed by atoms with E-state index in [2.05, 4.69) is 20.6 Å². The zero-order chi connectivity index (χ0) is 28.6. The van der Waals surface area contributed by atoms with Gasteiger partial charge in [-0.05, 0) is 54.4 Å². The SMILES string of the molecule is CCC(=O)Nc1cc(Nc2ncnc3sc4c(c23)CCN(C(=O)c2ccc(C(F)(F)F)cc2)C4)ccc1N(C)C. The molecular formula is C28H27F3N6O2S. The number of nitrogens with one attached hydrogen (secondary N) is 2. The number of alkyl halides is 3. The highest BCUT2D eigenvalue weighted by molar-refractivity contribution is 7.19. The molecule has 0 spiro atoms. The fourth-order valence-corrected chi connectivity index (χ4v) is 5.86. The number of nitrogens with zero attached hydrogens (tertiary/aromatic N) is 4. The van der Waals surface area contributed by atoms with Gasteiger partial charge in [0.2, 0.25) is 5.91 Å². The molecule has 0 fully saturated rings. The smallest absolute Gasteiger partial charge is 0.376 e. The van der Waals surface area contributed by atoms with Crippen molar-refractivity contribution in [3.63, 3.8) is 0 Å². The molecule has 1 aliphatic heterocycles. The van der Waals surface area contributed by atoms with Gasteiger partial charge in [0.1, 0.15) is 17.0 Å². The van der Waals surface area contributed by atoms with Gasteiger partial charge in [-0.2, -0.15) is 13.2 Å². The average Bonchev–Trinajstić information content (AvgIpc) is 3.31. The monoisotopic (exact) mass is 568 g/mol. The Kier molecular flexibility index (Phi) is 7.37. The maximum absolute atomic E-state index is 13.1. The Balaban J connectivity index is 1.40. The van der Waals surface area contributed by atoms with E-state index in [1.165, 1.54) is 29.8 Å². The molecule has 2 aromatic heterocycles. The second-order valence-electron chi connectivity index (χ2n) is 9.61. The zero-order valence-corrected chi connectivity index (χ0v) is 22.9. The van der Waals surface area contributed by atoms with Crippen LogP contribution in [0.2, 0.25) is 0 Å². The van der Waals surface area contributed by atoms with Gasteiger partial charge in [0.15, 0.2) is 0 Å². The van der Waals surface area contributed by atoms with Crippen molar-refractivity contribution in [3.8, 4) is 0 Å². The van der Waals surface area contributed by atoms with Gasteiger partial charge in [0.05, 0.1) is 28.9 Å². The van der Waals surface area contributed by atoms with Crippen molar-refractivity contribution in [1.82, 2.24) is 14.9 Å². The molecule has 0 saturated carbocycles. The molecule has 2 N–H and O–H groups in total. The van der Waals surface area contributed by atoms with Gasteiger partial charge in [0, 0.05) is 43.2 Å². The number of carbonyl (C=O) groups excluding carboxylic acids is 2. The lowest BCUT2D eigenvalue weighted by molar-refractivity contribution is -0.137. The largest absolute Gasteiger partial charge is 0.416 e. The van der Waals surface area contributed by atoms with Crippen LogP contribution in [0.4, 0.5) is 36.1 Å². The highest BCUT2D eigenvalue weighted by Crippen LogP contribution is 2.39. The third-order valence-corrected chi connectivity index (χ3v) is 7.84. The summed E-state index contributed by atoms with van der Waals surface area (Å²) in [5.74, 6) is 0.214. The number of aromatic nitrogens is 2. The van der Waals surface area contributed by atoms with Gasteiger partial charge >= 0.3 is 6.18 Å². The number of amides is 2. The van der Waals surface area contributed by atoms with Crippen molar-refractivity contribution in [1.29, 1.82) is 0 Å². The minimum absolute atomic E-state index is 0.0908. The third-order valence-electron chi connectivity index (χ3n) is 6.72. The van der Waals surface area contributed by atoms with E-state index in [4.69, 9.17) is 0 Å². The first kappa shape index (κ1) is 27.4. The van der Waals surface area contributed by atoms with Gasteiger partial charge < -0.3 is 20.4 Å². The Morgan fingerprint density at radius 2 is 1.85 bits per heavy atom. The van der Waals surface area contributed by atoms with Crippen LogP contribution in [-0.2, 0) is 23.9 Å². The summed E-state index contributed by atoms with van der Waals surface area (Å²) in [5.41, 5.74) is 2.76. The summed E-state index contributed by atoms with van der Waals surface area (Å²) in [6.45, 7) is 2.54. The lowest BCUT2D eigenvalue weighted by Gasteiger charge is -2.27. The molecule has 0 atom stereocenters. The van der Waals surface area contributed by atoms with Crippen molar-refractivity contribution >= 4 is 56.2 Å². The molecule has 8 nitrogen and oxygen atoms in total. The maximum Gasteiger partial charge on any atom is 0.416 e. The molecule has 0 bridgehead atoms. The molecule has 0 radical (unpaired) electrons. The number of hydrogen-bond donors (Lipinski definition) is 2. The number of rotatable bonds is 6. The minimum Gasteiger partial charge on any atom is -0.376 e. The van der Waals surface area contributed by atoms with Gasteiger partial charge in [-0.3, -0.25) is 9.59 Å². The number of carbonyl (C=O) groups is 2. The van der Waals surface area contributed by atoms with Crippen LogP contribution in [0.1, 0.15) is 39.7 Å². The Labute approximate surface area is 232 Å².